The van der Waals surface area contributed by atoms with Crippen LogP contribution in [0.15, 0.2) is 59.5 Å². The Morgan fingerprint density at radius 3 is 2.38 bits per heavy atom. The molecule has 1 saturated carbocycles. The number of alkyl halides is 3. The Morgan fingerprint density at radius 1 is 0.967 bits per heavy atom. The number of aryl methyl sites for hydroxylation is 1. The molecule has 1 aliphatic carbocycles. The zero-order valence-electron chi connectivity index (χ0n) is 34.1. The second-order valence-electron chi connectivity index (χ2n) is 17.2. The average Bonchev–Trinajstić information content (AvgIpc) is 3.74. The van der Waals surface area contributed by atoms with Gasteiger partial charge >= 0.3 is 11.9 Å². The predicted octanol–water partition coefficient (Wildman–Crippen LogP) is 5.89. The number of piperidine rings is 2. The van der Waals surface area contributed by atoms with E-state index in [4.69, 9.17) is 5.10 Å². The number of aromatic nitrogens is 5. The van der Waals surface area contributed by atoms with Crippen molar-refractivity contribution in [1.82, 2.24) is 34.1 Å². The van der Waals surface area contributed by atoms with Gasteiger partial charge in [0, 0.05) is 67.7 Å². The number of fused-ring (bicyclic) bond motifs is 2. The molecule has 2 aliphatic heterocycles. The standard InChI is InChI=1S/C43H50F3N9O5/c1-42(2,60)30-22-32-26(20-33(30)48-39(57)31-6-5-7-37(47-31)43(44,45)46)24-54(50-32)28-10-8-25(9-11-28)23-51(3)27-16-18-53(19-17-27)29-12-13-34-36(21-29)52(4)41(59)55(34)35-14-15-38(56)49-40(35)58/h5-7,12-13,20-22,24-25,27-28,35,60H,8-11,14-19,23H2,1-4H3,(H,48,57)(H,49,56,58)/t25-,28-,35?. The summed E-state index contributed by atoms with van der Waals surface area (Å²) >= 11 is 0. The molecule has 1 atom stereocenters. The summed E-state index contributed by atoms with van der Waals surface area (Å²) in [5.74, 6) is -1.04. The molecule has 318 valence electrons. The molecule has 0 radical (unpaired) electrons. The summed E-state index contributed by atoms with van der Waals surface area (Å²) in [6.07, 6.45) is 3.72. The third-order valence-corrected chi connectivity index (χ3v) is 12.6. The summed E-state index contributed by atoms with van der Waals surface area (Å²) in [6, 6.07) is 12.4. The number of hydrogen-bond acceptors (Lipinski definition) is 9. The molecule has 17 heteroatoms. The molecule has 60 heavy (non-hydrogen) atoms. The first-order chi connectivity index (χ1) is 28.4. The van der Waals surface area contributed by atoms with E-state index in [1.54, 1.807) is 37.6 Å². The minimum absolute atomic E-state index is 0.179. The van der Waals surface area contributed by atoms with Gasteiger partial charge in [-0.1, -0.05) is 6.07 Å². The summed E-state index contributed by atoms with van der Waals surface area (Å²) in [7, 11) is 3.93. The molecule has 3 aliphatic rings. The monoisotopic (exact) mass is 829 g/mol. The van der Waals surface area contributed by atoms with E-state index >= 15 is 0 Å². The molecule has 14 nitrogen and oxygen atoms in total. The number of nitrogens with zero attached hydrogens (tertiary/aromatic N) is 7. The van der Waals surface area contributed by atoms with Gasteiger partial charge < -0.3 is 20.2 Å². The van der Waals surface area contributed by atoms with Crippen molar-refractivity contribution in [2.24, 2.45) is 13.0 Å². The highest BCUT2D eigenvalue weighted by Gasteiger charge is 2.35. The molecule has 2 aromatic carbocycles. The third-order valence-electron chi connectivity index (χ3n) is 12.6. The van der Waals surface area contributed by atoms with Crippen LogP contribution in [0.3, 0.4) is 0 Å². The molecule has 3 fully saturated rings. The Bertz CT molecular complexity index is 2520. The van der Waals surface area contributed by atoms with Crippen LogP contribution in [0.5, 0.6) is 0 Å². The Kier molecular flexibility index (Phi) is 10.9. The van der Waals surface area contributed by atoms with Gasteiger partial charge in [-0.15, -0.1) is 0 Å². The Hall–Kier alpha value is -5.55. The Morgan fingerprint density at radius 2 is 1.70 bits per heavy atom. The topological polar surface area (TPSA) is 160 Å². The second-order valence-corrected chi connectivity index (χ2v) is 17.2. The summed E-state index contributed by atoms with van der Waals surface area (Å²) < 4.78 is 44.8. The van der Waals surface area contributed by atoms with Crippen LogP contribution < -0.4 is 21.2 Å². The maximum absolute atomic E-state index is 13.3. The van der Waals surface area contributed by atoms with E-state index in [0.717, 1.165) is 86.9 Å². The summed E-state index contributed by atoms with van der Waals surface area (Å²) in [5, 5.41) is 21.6. The van der Waals surface area contributed by atoms with E-state index in [1.165, 1.54) is 10.6 Å². The van der Waals surface area contributed by atoms with Gasteiger partial charge in [-0.2, -0.15) is 18.3 Å². The highest BCUT2D eigenvalue weighted by molar-refractivity contribution is 6.04. The van der Waals surface area contributed by atoms with Crippen molar-refractivity contribution in [3.63, 3.8) is 0 Å². The molecule has 0 spiro atoms. The number of anilines is 2. The lowest BCUT2D eigenvalue weighted by atomic mass is 9.85. The van der Waals surface area contributed by atoms with Crippen LogP contribution in [0.2, 0.25) is 0 Å². The molecule has 0 bridgehead atoms. The zero-order valence-corrected chi connectivity index (χ0v) is 34.1. The quantitative estimate of drug-likeness (QED) is 0.154. The fourth-order valence-electron chi connectivity index (χ4n) is 9.28. The number of aliphatic hydroxyl groups is 1. The van der Waals surface area contributed by atoms with Crippen molar-refractivity contribution >= 4 is 51.0 Å². The van der Waals surface area contributed by atoms with Crippen molar-refractivity contribution in [3.8, 4) is 0 Å². The number of nitrogens with one attached hydrogen (secondary N) is 2. The first-order valence-electron chi connectivity index (χ1n) is 20.6. The lowest BCUT2D eigenvalue weighted by Gasteiger charge is -2.40. The summed E-state index contributed by atoms with van der Waals surface area (Å²) in [4.78, 5) is 59.0. The normalized spacial score (nSPS) is 20.9. The third kappa shape index (κ3) is 8.16. The lowest BCUT2D eigenvalue weighted by Crippen LogP contribution is -2.45. The van der Waals surface area contributed by atoms with Gasteiger partial charge in [0.1, 0.15) is 17.4 Å². The van der Waals surface area contributed by atoms with Crippen LogP contribution in [0.1, 0.15) is 99.0 Å². The fourth-order valence-corrected chi connectivity index (χ4v) is 9.28. The number of carbonyl (C=O) groups is 3. The Labute approximate surface area is 344 Å². The largest absolute Gasteiger partial charge is 0.433 e. The molecule has 3 amide bonds. The molecule has 8 rings (SSSR count). The highest BCUT2D eigenvalue weighted by atomic mass is 19.4. The minimum Gasteiger partial charge on any atom is -0.386 e. The van der Waals surface area contributed by atoms with E-state index in [1.807, 2.05) is 29.1 Å². The van der Waals surface area contributed by atoms with Crippen LogP contribution in [0.4, 0.5) is 24.5 Å². The van der Waals surface area contributed by atoms with Gasteiger partial charge in [0.25, 0.3) is 5.91 Å². The van der Waals surface area contributed by atoms with Crippen LogP contribution in [0.25, 0.3) is 21.9 Å². The highest BCUT2D eigenvalue weighted by Crippen LogP contribution is 2.37. The van der Waals surface area contributed by atoms with Gasteiger partial charge in [-0.25, -0.2) is 9.78 Å². The molecular formula is C43H50F3N9O5. The van der Waals surface area contributed by atoms with Crippen molar-refractivity contribution in [2.75, 3.05) is 36.9 Å². The van der Waals surface area contributed by atoms with E-state index in [0.29, 0.717) is 35.0 Å². The summed E-state index contributed by atoms with van der Waals surface area (Å²) in [6.45, 7) is 5.90. The average molecular weight is 830 g/mol. The zero-order chi connectivity index (χ0) is 42.7. The first-order valence-corrected chi connectivity index (χ1v) is 20.6. The number of imide groups is 1. The van der Waals surface area contributed by atoms with Gasteiger partial charge in [0.2, 0.25) is 11.8 Å². The number of rotatable bonds is 9. The fraction of sp³-hybridized carbons (Fsp3) is 0.488. The molecule has 3 aromatic heterocycles. The number of halogens is 3. The molecular weight excluding hydrogens is 780 g/mol. The molecule has 1 unspecified atom stereocenters. The van der Waals surface area contributed by atoms with Gasteiger partial charge in [0.15, 0.2) is 0 Å². The van der Waals surface area contributed by atoms with Crippen molar-refractivity contribution < 1.29 is 32.7 Å². The molecule has 2 saturated heterocycles. The van der Waals surface area contributed by atoms with E-state index in [-0.39, 0.29) is 35.4 Å². The van der Waals surface area contributed by atoms with Gasteiger partial charge in [-0.3, -0.25) is 33.5 Å². The molecule has 5 aromatic rings. The number of pyridine rings is 1. The summed E-state index contributed by atoms with van der Waals surface area (Å²) in [5.41, 5.74) is 0.551. The number of amides is 3. The van der Waals surface area contributed by atoms with Crippen LogP contribution >= 0.6 is 0 Å². The van der Waals surface area contributed by atoms with Crippen LogP contribution in [-0.4, -0.2) is 84.4 Å². The van der Waals surface area contributed by atoms with Gasteiger partial charge in [0.05, 0.1) is 28.2 Å². The number of hydrogen-bond donors (Lipinski definition) is 3. The molecule has 5 heterocycles. The smallest absolute Gasteiger partial charge is 0.386 e. The molecule has 3 N–H and O–H groups in total. The van der Waals surface area contributed by atoms with Crippen molar-refractivity contribution in [3.05, 3.63) is 82.2 Å². The van der Waals surface area contributed by atoms with Crippen molar-refractivity contribution in [2.45, 2.75) is 95.1 Å². The second kappa shape index (κ2) is 15.8. The van der Waals surface area contributed by atoms with Crippen LogP contribution in [-0.2, 0) is 28.4 Å². The maximum atomic E-state index is 13.3. The number of carbonyl (C=O) groups excluding carboxylic acids is 3. The van der Waals surface area contributed by atoms with Crippen LogP contribution in [0, 0.1) is 5.92 Å². The predicted molar refractivity (Wildman–Crippen MR) is 220 cm³/mol. The lowest BCUT2D eigenvalue weighted by molar-refractivity contribution is -0.141. The minimum atomic E-state index is -4.70. The maximum Gasteiger partial charge on any atom is 0.433 e. The SMILES string of the molecule is CN(C[C@H]1CC[C@H](n2cc3cc(NC(=O)c4cccc(C(F)(F)F)n4)c(C(C)(C)O)cc3n2)CC1)C1CCN(c2ccc3c(c2)n(C)c(=O)n3C2CCC(=O)NC2=O)CC1. The first kappa shape index (κ1) is 41.2. The van der Waals surface area contributed by atoms with Crippen molar-refractivity contribution in [1.29, 1.82) is 0 Å². The van der Waals surface area contributed by atoms with E-state index in [2.05, 4.69) is 32.5 Å². The number of imidazole rings is 1. The van der Waals surface area contributed by atoms with E-state index < -0.39 is 35.3 Å². The van der Waals surface area contributed by atoms with Gasteiger partial charge in [-0.05, 0) is 114 Å². The van der Waals surface area contributed by atoms with E-state index in [9.17, 15) is 37.5 Å². The number of benzene rings is 2. The Balaban J connectivity index is 0.868.